The first-order valence-corrected chi connectivity index (χ1v) is 13.5. The molecule has 0 atom stereocenters. The first kappa shape index (κ1) is 28.5. The van der Waals surface area contributed by atoms with Crippen LogP contribution in [0, 0.1) is 11.3 Å². The van der Waals surface area contributed by atoms with Crippen molar-refractivity contribution in [2.75, 3.05) is 5.32 Å². The lowest BCUT2D eigenvalue weighted by Gasteiger charge is -2.12. The molecule has 0 saturated carbocycles. The third-order valence-corrected chi connectivity index (χ3v) is 6.82. The van der Waals surface area contributed by atoms with Gasteiger partial charge in [0, 0.05) is 36.4 Å². The van der Waals surface area contributed by atoms with E-state index in [2.05, 4.69) is 21.2 Å². The molecule has 0 aromatic heterocycles. The molecule has 4 aromatic carbocycles. The molecule has 0 bridgehead atoms. The Morgan fingerprint density at radius 1 is 0.872 bits per heavy atom. The number of carbonyl (C=O) groups excluding carboxylic acids is 1. The summed E-state index contributed by atoms with van der Waals surface area (Å²) in [6, 6.07) is 26.7. The van der Waals surface area contributed by atoms with Gasteiger partial charge in [0.05, 0.1) is 0 Å². The van der Waals surface area contributed by atoms with Gasteiger partial charge in [-0.15, -0.1) is 0 Å². The van der Waals surface area contributed by atoms with E-state index in [1.54, 1.807) is 60.7 Å². The average molecular weight is 643 g/mol. The van der Waals surface area contributed by atoms with E-state index in [4.69, 9.17) is 44.3 Å². The van der Waals surface area contributed by atoms with Crippen LogP contribution in [0.25, 0.3) is 6.08 Å². The number of nitrogens with one attached hydrogen (secondary N) is 1. The highest BCUT2D eigenvalue weighted by Gasteiger charge is 2.13. The van der Waals surface area contributed by atoms with E-state index in [-0.39, 0.29) is 12.2 Å². The average Bonchev–Trinajstić information content (AvgIpc) is 2.92. The van der Waals surface area contributed by atoms with Gasteiger partial charge in [0.15, 0.2) is 0 Å². The first-order chi connectivity index (χ1) is 18.8. The zero-order valence-electron chi connectivity index (χ0n) is 20.3. The third kappa shape index (κ3) is 8.26. The van der Waals surface area contributed by atoms with Gasteiger partial charge in [-0.25, -0.2) is 0 Å². The molecule has 0 heterocycles. The fourth-order valence-corrected chi connectivity index (χ4v) is 4.35. The second-order valence-electron chi connectivity index (χ2n) is 8.27. The molecule has 39 heavy (non-hydrogen) atoms. The quantitative estimate of drug-likeness (QED) is 0.146. The highest BCUT2D eigenvalue weighted by molar-refractivity contribution is 9.10. The van der Waals surface area contributed by atoms with Crippen LogP contribution in [-0.2, 0) is 18.0 Å². The van der Waals surface area contributed by atoms with E-state index >= 15 is 0 Å². The Kier molecular flexibility index (Phi) is 9.91. The summed E-state index contributed by atoms with van der Waals surface area (Å²) in [6.45, 7) is 0.567. The zero-order valence-corrected chi connectivity index (χ0v) is 24.1. The monoisotopic (exact) mass is 640 g/mol. The molecule has 0 saturated heterocycles. The number of nitrogens with zero attached hydrogens (tertiary/aromatic N) is 1. The summed E-state index contributed by atoms with van der Waals surface area (Å²) in [7, 11) is 0. The molecule has 0 fully saturated rings. The van der Waals surface area contributed by atoms with Crippen molar-refractivity contribution in [1.29, 1.82) is 5.26 Å². The van der Waals surface area contributed by atoms with Crippen LogP contribution >= 0.6 is 50.7 Å². The first-order valence-electron chi connectivity index (χ1n) is 11.6. The van der Waals surface area contributed by atoms with Crippen molar-refractivity contribution < 1.29 is 14.3 Å². The SMILES string of the molecule is N#C/C(=C\c1cc(Cl)ccc1OCc1ccc(Cl)cc1Cl)C(=O)Nc1ccc(OCc2ccc(Br)cc2)cc1. The number of nitriles is 1. The van der Waals surface area contributed by atoms with Gasteiger partial charge in [0.25, 0.3) is 5.91 Å². The molecule has 0 aliphatic carbocycles. The number of carbonyl (C=O) groups is 1. The number of amides is 1. The maximum Gasteiger partial charge on any atom is 0.266 e. The van der Waals surface area contributed by atoms with E-state index in [0.717, 1.165) is 15.6 Å². The normalized spacial score (nSPS) is 11.0. The van der Waals surface area contributed by atoms with Gasteiger partial charge in [-0.1, -0.05) is 68.9 Å². The molecule has 9 heteroatoms. The second-order valence-corrected chi connectivity index (χ2v) is 10.5. The van der Waals surface area contributed by atoms with Crippen LogP contribution in [-0.4, -0.2) is 5.91 Å². The molecule has 5 nitrogen and oxygen atoms in total. The lowest BCUT2D eigenvalue weighted by Crippen LogP contribution is -2.13. The van der Waals surface area contributed by atoms with Gasteiger partial charge in [-0.2, -0.15) is 5.26 Å². The lowest BCUT2D eigenvalue weighted by molar-refractivity contribution is -0.112. The molecule has 1 amide bonds. The molecule has 4 aromatic rings. The van der Waals surface area contributed by atoms with Crippen molar-refractivity contribution in [3.05, 3.63) is 127 Å². The van der Waals surface area contributed by atoms with E-state index in [9.17, 15) is 10.1 Å². The largest absolute Gasteiger partial charge is 0.489 e. The fraction of sp³-hybridized carbons (Fsp3) is 0.0667. The summed E-state index contributed by atoms with van der Waals surface area (Å²) >= 11 is 21.8. The van der Waals surface area contributed by atoms with Crippen molar-refractivity contribution in [3.63, 3.8) is 0 Å². The minimum Gasteiger partial charge on any atom is -0.489 e. The van der Waals surface area contributed by atoms with Gasteiger partial charge in [0.1, 0.15) is 36.4 Å². The Hall–Kier alpha value is -3.47. The summed E-state index contributed by atoms with van der Waals surface area (Å²) in [5.74, 6) is 0.499. The van der Waals surface area contributed by atoms with Crippen LogP contribution in [0.1, 0.15) is 16.7 Å². The predicted octanol–water partition coefficient (Wildman–Crippen LogP) is 9.11. The minimum absolute atomic E-state index is 0.123. The van der Waals surface area contributed by atoms with E-state index in [1.165, 1.54) is 6.08 Å². The number of benzene rings is 4. The Bertz CT molecular complexity index is 1550. The molecule has 1 N–H and O–H groups in total. The molecular formula is C30H20BrCl3N2O3. The highest BCUT2D eigenvalue weighted by Crippen LogP contribution is 2.28. The number of halogens is 4. The van der Waals surface area contributed by atoms with Crippen molar-refractivity contribution in [2.45, 2.75) is 13.2 Å². The van der Waals surface area contributed by atoms with Crippen LogP contribution in [0.3, 0.4) is 0 Å². The maximum absolute atomic E-state index is 12.9. The molecule has 0 unspecified atom stereocenters. The topological polar surface area (TPSA) is 71.3 Å². The smallest absolute Gasteiger partial charge is 0.266 e. The second kappa shape index (κ2) is 13.5. The number of rotatable bonds is 9. The molecule has 0 aliphatic rings. The lowest BCUT2D eigenvalue weighted by atomic mass is 10.1. The van der Waals surface area contributed by atoms with Gasteiger partial charge in [0.2, 0.25) is 0 Å². The molecule has 0 spiro atoms. The standard InChI is InChI=1S/C30H20BrCl3N2O3/c31-23-4-1-19(2-5-23)17-38-27-10-8-26(9-11-27)36-30(37)22(16-35)13-21-14-24(32)7-12-29(21)39-18-20-3-6-25(33)15-28(20)34/h1-15H,17-18H2,(H,36,37)/b22-13+. The van der Waals surface area contributed by atoms with Crippen molar-refractivity contribution in [1.82, 2.24) is 0 Å². The van der Waals surface area contributed by atoms with Crippen LogP contribution in [0.5, 0.6) is 11.5 Å². The number of anilines is 1. The van der Waals surface area contributed by atoms with E-state index in [0.29, 0.717) is 44.4 Å². The van der Waals surface area contributed by atoms with Crippen LogP contribution < -0.4 is 14.8 Å². The fourth-order valence-electron chi connectivity index (χ4n) is 3.44. The molecular weight excluding hydrogens is 623 g/mol. The van der Waals surface area contributed by atoms with Crippen LogP contribution in [0.2, 0.25) is 15.1 Å². The molecule has 4 rings (SSSR count). The Morgan fingerprint density at radius 2 is 1.56 bits per heavy atom. The Morgan fingerprint density at radius 3 is 2.26 bits per heavy atom. The summed E-state index contributed by atoms with van der Waals surface area (Å²) in [5.41, 5.74) is 2.61. The number of hydrogen-bond acceptors (Lipinski definition) is 4. The van der Waals surface area contributed by atoms with Crippen molar-refractivity contribution in [3.8, 4) is 17.6 Å². The number of hydrogen-bond donors (Lipinski definition) is 1. The summed E-state index contributed by atoms with van der Waals surface area (Å²) in [5, 5.41) is 13.8. The van der Waals surface area contributed by atoms with Crippen molar-refractivity contribution >= 4 is 68.4 Å². The number of ether oxygens (including phenoxy) is 2. The predicted molar refractivity (Wildman–Crippen MR) is 159 cm³/mol. The van der Waals surface area contributed by atoms with Gasteiger partial charge in [-0.3, -0.25) is 4.79 Å². The van der Waals surface area contributed by atoms with Crippen molar-refractivity contribution in [2.24, 2.45) is 0 Å². The summed E-state index contributed by atoms with van der Waals surface area (Å²) in [6.07, 6.45) is 1.43. The van der Waals surface area contributed by atoms with E-state index < -0.39 is 5.91 Å². The highest BCUT2D eigenvalue weighted by atomic mass is 79.9. The Labute approximate surface area is 249 Å². The van der Waals surface area contributed by atoms with Gasteiger partial charge >= 0.3 is 0 Å². The molecule has 0 radical (unpaired) electrons. The van der Waals surface area contributed by atoms with Crippen LogP contribution in [0.15, 0.2) is 95.0 Å². The van der Waals surface area contributed by atoms with Crippen LogP contribution in [0.4, 0.5) is 5.69 Å². The molecule has 0 aliphatic heterocycles. The Balaban J connectivity index is 1.43. The maximum atomic E-state index is 12.9. The molecule has 196 valence electrons. The zero-order chi connectivity index (χ0) is 27.8. The van der Waals surface area contributed by atoms with Gasteiger partial charge in [-0.05, 0) is 78.4 Å². The summed E-state index contributed by atoms with van der Waals surface area (Å²) < 4.78 is 12.7. The minimum atomic E-state index is -0.576. The van der Waals surface area contributed by atoms with Gasteiger partial charge < -0.3 is 14.8 Å². The third-order valence-electron chi connectivity index (χ3n) is 5.47. The van der Waals surface area contributed by atoms with E-state index in [1.807, 2.05) is 30.3 Å². The summed E-state index contributed by atoms with van der Waals surface area (Å²) in [4.78, 5) is 12.9.